The average Bonchev–Trinajstić information content (AvgIpc) is 2.59. The smallest absolute Gasteiger partial charge is 0.269 e. The summed E-state index contributed by atoms with van der Waals surface area (Å²) in [5.41, 5.74) is 1.02. The molecule has 0 fully saturated rings. The van der Waals surface area contributed by atoms with E-state index in [9.17, 15) is 14.9 Å². The number of nitrogens with one attached hydrogen (secondary N) is 1. The first-order valence-corrected chi connectivity index (χ1v) is 6.76. The Balaban J connectivity index is 1.95. The predicted octanol–water partition coefficient (Wildman–Crippen LogP) is 2.38. The summed E-state index contributed by atoms with van der Waals surface area (Å²) in [6.45, 7) is 0.161. The number of carbonyl (C=O) groups excluding carboxylic acids is 1. The van der Waals surface area contributed by atoms with E-state index in [1.165, 1.54) is 24.3 Å². The van der Waals surface area contributed by atoms with Crippen LogP contribution in [0.5, 0.6) is 5.75 Å². The lowest BCUT2D eigenvalue weighted by atomic mass is 10.2. The molecule has 6 heteroatoms. The number of nitrogens with zero attached hydrogens (tertiary/aromatic N) is 1. The van der Waals surface area contributed by atoms with Crippen molar-refractivity contribution < 1.29 is 14.5 Å². The van der Waals surface area contributed by atoms with Crippen molar-refractivity contribution in [3.63, 3.8) is 0 Å². The van der Waals surface area contributed by atoms with Crippen molar-refractivity contribution in [1.29, 1.82) is 0 Å². The molecule has 23 heavy (non-hydrogen) atoms. The Morgan fingerprint density at radius 3 is 2.57 bits per heavy atom. The first-order valence-electron chi connectivity index (χ1n) is 6.76. The third-order valence-corrected chi connectivity index (χ3v) is 3.01. The first-order chi connectivity index (χ1) is 11.1. The highest BCUT2D eigenvalue weighted by atomic mass is 16.6. The highest BCUT2D eigenvalue weighted by Gasteiger charge is 2.08. The normalized spacial score (nSPS) is 9.43. The molecule has 2 rings (SSSR count). The molecule has 1 N–H and O–H groups in total. The maximum Gasteiger partial charge on any atom is 0.269 e. The minimum atomic E-state index is -0.513. The molecule has 0 aromatic heterocycles. The van der Waals surface area contributed by atoms with Gasteiger partial charge in [0.2, 0.25) is 0 Å². The second kappa shape index (κ2) is 7.61. The van der Waals surface area contributed by atoms with Crippen molar-refractivity contribution in [2.45, 2.75) is 0 Å². The second-order valence-electron chi connectivity index (χ2n) is 4.49. The monoisotopic (exact) mass is 310 g/mol. The van der Waals surface area contributed by atoms with Gasteiger partial charge in [-0.05, 0) is 24.3 Å². The molecule has 0 aliphatic rings. The zero-order valence-electron chi connectivity index (χ0n) is 12.4. The lowest BCUT2D eigenvalue weighted by molar-refractivity contribution is -0.384. The van der Waals surface area contributed by atoms with E-state index in [1.807, 2.05) is 18.2 Å². The summed E-state index contributed by atoms with van der Waals surface area (Å²) in [5.74, 6) is 6.08. The molecule has 0 saturated heterocycles. The number of benzene rings is 2. The van der Waals surface area contributed by atoms with E-state index < -0.39 is 4.92 Å². The van der Waals surface area contributed by atoms with Gasteiger partial charge in [-0.15, -0.1) is 0 Å². The lowest BCUT2D eigenvalue weighted by Crippen LogP contribution is -2.23. The van der Waals surface area contributed by atoms with Crippen LogP contribution in [0.25, 0.3) is 0 Å². The number of carbonyl (C=O) groups is 1. The molecule has 0 radical (unpaired) electrons. The number of hydrogen-bond acceptors (Lipinski definition) is 4. The van der Waals surface area contributed by atoms with Crippen molar-refractivity contribution in [1.82, 2.24) is 5.32 Å². The van der Waals surface area contributed by atoms with E-state index in [0.717, 1.165) is 5.56 Å². The van der Waals surface area contributed by atoms with E-state index in [4.69, 9.17) is 4.74 Å². The molecule has 1 amide bonds. The molecule has 0 aliphatic heterocycles. The van der Waals surface area contributed by atoms with Gasteiger partial charge in [-0.1, -0.05) is 24.0 Å². The molecule has 0 saturated carbocycles. The number of rotatable bonds is 4. The Morgan fingerprint density at radius 2 is 1.91 bits per heavy atom. The fraction of sp³-hybridized carbons (Fsp3) is 0.118. The second-order valence-corrected chi connectivity index (χ2v) is 4.49. The van der Waals surface area contributed by atoms with Crippen LogP contribution in [0, 0.1) is 22.0 Å². The minimum absolute atomic E-state index is 0.0579. The van der Waals surface area contributed by atoms with Crippen molar-refractivity contribution in [3.05, 3.63) is 69.8 Å². The van der Waals surface area contributed by atoms with Crippen LogP contribution in [0.2, 0.25) is 0 Å². The van der Waals surface area contributed by atoms with Gasteiger partial charge in [-0.2, -0.15) is 0 Å². The predicted molar refractivity (Wildman–Crippen MR) is 85.3 cm³/mol. The van der Waals surface area contributed by atoms with Gasteiger partial charge in [0, 0.05) is 17.7 Å². The highest BCUT2D eigenvalue weighted by Crippen LogP contribution is 2.15. The van der Waals surface area contributed by atoms with Gasteiger partial charge in [0.1, 0.15) is 5.75 Å². The van der Waals surface area contributed by atoms with Crippen molar-refractivity contribution in [3.8, 4) is 17.6 Å². The van der Waals surface area contributed by atoms with Gasteiger partial charge in [0.05, 0.1) is 24.1 Å². The highest BCUT2D eigenvalue weighted by molar-refractivity contribution is 5.94. The number of hydrogen-bond donors (Lipinski definition) is 1. The van der Waals surface area contributed by atoms with E-state index >= 15 is 0 Å². The fourth-order valence-corrected chi connectivity index (χ4v) is 1.85. The van der Waals surface area contributed by atoms with Crippen LogP contribution >= 0.6 is 0 Å². The van der Waals surface area contributed by atoms with Crippen LogP contribution in [0.1, 0.15) is 15.9 Å². The summed E-state index contributed by atoms with van der Waals surface area (Å²) in [5, 5.41) is 13.2. The van der Waals surface area contributed by atoms with Crippen molar-refractivity contribution >= 4 is 11.6 Å². The van der Waals surface area contributed by atoms with E-state index in [1.54, 1.807) is 13.2 Å². The maximum absolute atomic E-state index is 11.9. The summed E-state index contributed by atoms with van der Waals surface area (Å²) in [6.07, 6.45) is 0. The molecular weight excluding hydrogens is 296 g/mol. The average molecular weight is 310 g/mol. The van der Waals surface area contributed by atoms with Crippen LogP contribution in [0.4, 0.5) is 5.69 Å². The minimum Gasteiger partial charge on any atom is -0.495 e. The summed E-state index contributed by atoms with van der Waals surface area (Å²) >= 11 is 0. The molecule has 2 aromatic rings. The van der Waals surface area contributed by atoms with E-state index in [2.05, 4.69) is 17.2 Å². The Kier molecular flexibility index (Phi) is 5.31. The van der Waals surface area contributed by atoms with Crippen LogP contribution < -0.4 is 10.1 Å². The van der Waals surface area contributed by atoms with E-state index in [-0.39, 0.29) is 18.1 Å². The molecule has 2 aromatic carbocycles. The Hall–Kier alpha value is -3.33. The van der Waals surface area contributed by atoms with Crippen LogP contribution in [-0.2, 0) is 0 Å². The number of non-ortho nitro benzene ring substituents is 1. The van der Waals surface area contributed by atoms with Gasteiger partial charge < -0.3 is 10.1 Å². The van der Waals surface area contributed by atoms with Crippen LogP contribution in [0.3, 0.4) is 0 Å². The third-order valence-electron chi connectivity index (χ3n) is 3.01. The summed E-state index contributed by atoms with van der Waals surface area (Å²) in [7, 11) is 1.57. The van der Waals surface area contributed by atoms with Gasteiger partial charge in [0.15, 0.2) is 0 Å². The molecule has 6 nitrogen and oxygen atoms in total. The number of methoxy groups -OCH3 is 1. The topological polar surface area (TPSA) is 81.5 Å². The zero-order valence-corrected chi connectivity index (χ0v) is 12.4. The molecule has 0 bridgehead atoms. The van der Waals surface area contributed by atoms with Gasteiger partial charge in [-0.3, -0.25) is 14.9 Å². The zero-order chi connectivity index (χ0) is 16.7. The van der Waals surface area contributed by atoms with Crippen LogP contribution in [0.15, 0.2) is 48.5 Å². The van der Waals surface area contributed by atoms with E-state index in [0.29, 0.717) is 11.3 Å². The molecule has 116 valence electrons. The molecule has 0 heterocycles. The van der Waals surface area contributed by atoms with Gasteiger partial charge >= 0.3 is 0 Å². The molecule has 0 spiro atoms. The number of nitro groups is 1. The molecule has 0 aliphatic carbocycles. The fourth-order valence-electron chi connectivity index (χ4n) is 1.85. The van der Waals surface area contributed by atoms with Crippen molar-refractivity contribution in [2.24, 2.45) is 0 Å². The number of para-hydroxylation sites is 1. The Morgan fingerprint density at radius 1 is 1.22 bits per heavy atom. The number of nitro benzene ring substituents is 1. The SMILES string of the molecule is COc1ccccc1C#CCNC(=O)c1ccc([N+](=O)[O-])cc1. The Labute approximate surface area is 133 Å². The largest absolute Gasteiger partial charge is 0.495 e. The van der Waals surface area contributed by atoms with Gasteiger partial charge in [-0.25, -0.2) is 0 Å². The van der Waals surface area contributed by atoms with Gasteiger partial charge in [0.25, 0.3) is 11.6 Å². The molecule has 0 atom stereocenters. The standard InChI is InChI=1S/C17H14N2O4/c1-23-16-7-3-2-5-13(16)6-4-12-18-17(20)14-8-10-15(11-9-14)19(21)22/h2-3,5,7-11H,12H2,1H3,(H,18,20). The summed E-state index contributed by atoms with van der Waals surface area (Å²) in [6, 6.07) is 12.7. The quantitative estimate of drug-likeness (QED) is 0.534. The Bertz CT molecular complexity index is 773. The first kappa shape index (κ1) is 16.0. The third kappa shape index (κ3) is 4.32. The number of ether oxygens (including phenoxy) is 1. The number of amides is 1. The molecule has 0 unspecified atom stereocenters. The maximum atomic E-state index is 11.9. The lowest BCUT2D eigenvalue weighted by Gasteiger charge is -2.02. The summed E-state index contributed by atoms with van der Waals surface area (Å²) < 4.78 is 5.18. The van der Waals surface area contributed by atoms with Crippen molar-refractivity contribution in [2.75, 3.05) is 13.7 Å². The molecular formula is C17H14N2O4. The van der Waals surface area contributed by atoms with Crippen LogP contribution in [-0.4, -0.2) is 24.5 Å². The summed E-state index contributed by atoms with van der Waals surface area (Å²) in [4.78, 5) is 21.9.